The van der Waals surface area contributed by atoms with Gasteiger partial charge in [-0.05, 0) is 23.3 Å². The highest BCUT2D eigenvalue weighted by molar-refractivity contribution is 5.96. The van der Waals surface area contributed by atoms with Crippen molar-refractivity contribution < 1.29 is 23.9 Å². The Morgan fingerprint density at radius 2 is 1.74 bits per heavy atom. The molecule has 146 valence electrons. The van der Waals surface area contributed by atoms with Gasteiger partial charge in [0, 0.05) is 6.42 Å². The van der Waals surface area contributed by atoms with Crippen LogP contribution >= 0.6 is 0 Å². The van der Waals surface area contributed by atoms with E-state index in [-0.39, 0.29) is 48.7 Å². The quantitative estimate of drug-likeness (QED) is 0.755. The van der Waals surface area contributed by atoms with Crippen LogP contribution in [0.1, 0.15) is 45.8 Å². The van der Waals surface area contributed by atoms with E-state index in [1.54, 1.807) is 0 Å². The van der Waals surface area contributed by atoms with Crippen molar-refractivity contribution in [3.63, 3.8) is 0 Å². The minimum Gasteiger partial charge on any atom is -0.457 e. The molecule has 0 bridgehead atoms. The summed E-state index contributed by atoms with van der Waals surface area (Å²) in [5.41, 5.74) is 0.767. The molecular formula is C21H27NO5. The van der Waals surface area contributed by atoms with E-state index in [0.717, 1.165) is 5.56 Å². The average Bonchev–Trinajstić information content (AvgIpc) is 3.03. The molecule has 3 rings (SSSR count). The second-order valence-corrected chi connectivity index (χ2v) is 8.06. The van der Waals surface area contributed by atoms with E-state index in [4.69, 9.17) is 9.47 Å². The maximum Gasteiger partial charge on any atom is 0.416 e. The zero-order valence-corrected chi connectivity index (χ0v) is 16.3. The molecule has 2 saturated heterocycles. The van der Waals surface area contributed by atoms with Gasteiger partial charge in [-0.25, -0.2) is 9.69 Å². The van der Waals surface area contributed by atoms with Gasteiger partial charge < -0.3 is 9.47 Å². The number of ether oxygens (including phenoxy) is 2. The molecule has 6 nitrogen and oxygen atoms in total. The fourth-order valence-electron chi connectivity index (χ4n) is 4.03. The van der Waals surface area contributed by atoms with Crippen LogP contribution in [0.25, 0.3) is 0 Å². The molecule has 0 aromatic heterocycles. The van der Waals surface area contributed by atoms with Gasteiger partial charge in [0.25, 0.3) is 0 Å². The summed E-state index contributed by atoms with van der Waals surface area (Å²) in [6.45, 7) is 8.11. The van der Waals surface area contributed by atoms with Crippen LogP contribution in [0, 0.1) is 23.7 Å². The number of hydrogen-bond donors (Lipinski definition) is 0. The highest BCUT2D eigenvalue weighted by Gasteiger charge is 2.51. The lowest BCUT2D eigenvalue weighted by Gasteiger charge is -2.40. The molecule has 0 radical (unpaired) electrons. The van der Waals surface area contributed by atoms with Gasteiger partial charge in [-0.1, -0.05) is 58.0 Å². The molecular weight excluding hydrogens is 346 g/mol. The molecule has 4 atom stereocenters. The summed E-state index contributed by atoms with van der Waals surface area (Å²) in [5.74, 6) is -1.26. The first-order valence-corrected chi connectivity index (χ1v) is 9.55. The van der Waals surface area contributed by atoms with Gasteiger partial charge in [0.15, 0.2) is 0 Å². The molecule has 6 heteroatoms. The van der Waals surface area contributed by atoms with Crippen LogP contribution in [0.2, 0.25) is 0 Å². The summed E-state index contributed by atoms with van der Waals surface area (Å²) in [4.78, 5) is 39.4. The number of rotatable bonds is 4. The van der Waals surface area contributed by atoms with Gasteiger partial charge in [-0.2, -0.15) is 0 Å². The third-order valence-electron chi connectivity index (χ3n) is 5.63. The molecule has 1 aromatic rings. The van der Waals surface area contributed by atoms with Gasteiger partial charge in [0.1, 0.15) is 12.7 Å². The fourth-order valence-corrected chi connectivity index (χ4v) is 4.03. The van der Waals surface area contributed by atoms with Crippen molar-refractivity contribution in [1.29, 1.82) is 0 Å². The molecule has 2 heterocycles. The van der Waals surface area contributed by atoms with Crippen LogP contribution in [-0.4, -0.2) is 35.5 Å². The van der Waals surface area contributed by atoms with E-state index >= 15 is 0 Å². The number of esters is 1. The molecule has 0 N–H and O–H groups in total. The monoisotopic (exact) mass is 373 g/mol. The van der Waals surface area contributed by atoms with E-state index in [1.165, 1.54) is 4.90 Å². The minimum atomic E-state index is -0.700. The molecule has 2 fully saturated rings. The predicted octanol–water partition coefficient (Wildman–Crippen LogP) is 3.57. The summed E-state index contributed by atoms with van der Waals surface area (Å²) in [6, 6.07) is 8.98. The number of carbonyl (C=O) groups excluding carboxylic acids is 3. The van der Waals surface area contributed by atoms with E-state index in [0.29, 0.717) is 0 Å². The Morgan fingerprint density at radius 1 is 1.07 bits per heavy atom. The Kier molecular flexibility index (Phi) is 5.53. The number of benzene rings is 1. The third-order valence-corrected chi connectivity index (χ3v) is 5.63. The van der Waals surface area contributed by atoms with Crippen molar-refractivity contribution in [3.05, 3.63) is 35.9 Å². The van der Waals surface area contributed by atoms with Crippen LogP contribution in [0.3, 0.4) is 0 Å². The molecule has 0 aliphatic carbocycles. The summed E-state index contributed by atoms with van der Waals surface area (Å²) < 4.78 is 10.8. The third kappa shape index (κ3) is 3.70. The number of imide groups is 1. The first-order chi connectivity index (χ1) is 12.8. The van der Waals surface area contributed by atoms with Crippen LogP contribution in [0.15, 0.2) is 30.3 Å². The molecule has 0 spiro atoms. The molecule has 27 heavy (non-hydrogen) atoms. The lowest BCUT2D eigenvalue weighted by molar-refractivity contribution is -0.171. The number of amides is 2. The van der Waals surface area contributed by atoms with E-state index in [2.05, 4.69) is 0 Å². The van der Waals surface area contributed by atoms with Crippen LogP contribution in [-0.2, 0) is 19.1 Å². The maximum absolute atomic E-state index is 13.6. The minimum absolute atomic E-state index is 0.0826. The van der Waals surface area contributed by atoms with Crippen molar-refractivity contribution in [2.24, 2.45) is 23.7 Å². The van der Waals surface area contributed by atoms with Crippen molar-refractivity contribution in [2.75, 3.05) is 6.61 Å². The van der Waals surface area contributed by atoms with Gasteiger partial charge in [0.05, 0.1) is 12.0 Å². The van der Waals surface area contributed by atoms with Crippen molar-refractivity contribution in [3.8, 4) is 0 Å². The maximum atomic E-state index is 13.6. The van der Waals surface area contributed by atoms with E-state index in [1.807, 2.05) is 58.0 Å². The topological polar surface area (TPSA) is 72.9 Å². The Hall–Kier alpha value is -2.37. The molecule has 0 unspecified atom stereocenters. The largest absolute Gasteiger partial charge is 0.457 e. The summed E-state index contributed by atoms with van der Waals surface area (Å²) in [5, 5.41) is 0. The van der Waals surface area contributed by atoms with E-state index < -0.39 is 18.1 Å². The van der Waals surface area contributed by atoms with Gasteiger partial charge in [-0.3, -0.25) is 9.59 Å². The summed E-state index contributed by atoms with van der Waals surface area (Å²) in [7, 11) is 0. The average molecular weight is 373 g/mol. The second-order valence-electron chi connectivity index (χ2n) is 8.06. The standard InChI is InChI=1S/C21H27NO5/c1-12(2)15-10-17(23)27-19(14-8-6-5-7-9-14)18(15)20(24)22-16(13(3)4)11-26-21(22)25/h5-9,12-13,15-16,18-19H,10-11H2,1-4H3/t15-,16-,18-,19+/m1/s1. The highest BCUT2D eigenvalue weighted by atomic mass is 16.6. The lowest BCUT2D eigenvalue weighted by atomic mass is 9.73. The van der Waals surface area contributed by atoms with Crippen LogP contribution in [0.5, 0.6) is 0 Å². The SMILES string of the molecule is CC(C)[C@H]1CC(=O)O[C@@H](c2ccccc2)[C@@H]1C(=O)N1C(=O)OC[C@@H]1C(C)C. The van der Waals surface area contributed by atoms with Crippen molar-refractivity contribution in [2.45, 2.75) is 46.3 Å². The summed E-state index contributed by atoms with van der Waals surface area (Å²) >= 11 is 0. The number of nitrogens with zero attached hydrogens (tertiary/aromatic N) is 1. The first kappa shape index (κ1) is 19.4. The Morgan fingerprint density at radius 3 is 2.33 bits per heavy atom. The zero-order valence-electron chi connectivity index (χ0n) is 16.3. The fraction of sp³-hybridized carbons (Fsp3) is 0.571. The number of cyclic esters (lactones) is 2. The van der Waals surface area contributed by atoms with Crippen molar-refractivity contribution >= 4 is 18.0 Å². The summed E-state index contributed by atoms with van der Waals surface area (Å²) in [6.07, 6.45) is -1.13. The number of hydrogen-bond acceptors (Lipinski definition) is 5. The molecule has 2 amide bonds. The first-order valence-electron chi connectivity index (χ1n) is 9.55. The normalized spacial score (nSPS) is 28.4. The van der Waals surface area contributed by atoms with Crippen molar-refractivity contribution in [1.82, 2.24) is 4.90 Å². The van der Waals surface area contributed by atoms with Gasteiger partial charge >= 0.3 is 12.1 Å². The Balaban J connectivity index is 2.01. The Labute approximate surface area is 159 Å². The molecule has 0 saturated carbocycles. The predicted molar refractivity (Wildman–Crippen MR) is 98.5 cm³/mol. The van der Waals surface area contributed by atoms with Gasteiger partial charge in [0.2, 0.25) is 5.91 Å². The second kappa shape index (κ2) is 7.71. The van der Waals surface area contributed by atoms with E-state index in [9.17, 15) is 14.4 Å². The smallest absolute Gasteiger partial charge is 0.416 e. The number of carbonyl (C=O) groups is 3. The van der Waals surface area contributed by atoms with Crippen LogP contribution < -0.4 is 0 Å². The molecule has 2 aliphatic heterocycles. The zero-order chi connectivity index (χ0) is 19.7. The lowest BCUT2D eigenvalue weighted by Crippen LogP contribution is -2.51. The highest BCUT2D eigenvalue weighted by Crippen LogP contribution is 2.43. The molecule has 1 aromatic carbocycles. The van der Waals surface area contributed by atoms with Gasteiger partial charge in [-0.15, -0.1) is 0 Å². The Bertz CT molecular complexity index is 715. The van der Waals surface area contributed by atoms with Crippen LogP contribution in [0.4, 0.5) is 4.79 Å². The molecule has 2 aliphatic rings.